The number of urea groups is 1. The molecule has 0 aliphatic carbocycles. The molecule has 1 aromatic rings. The summed E-state index contributed by atoms with van der Waals surface area (Å²) in [5.41, 5.74) is 0.425. The topological polar surface area (TPSA) is 89.1 Å². The molecule has 1 heterocycles. The van der Waals surface area contributed by atoms with E-state index < -0.39 is 11.7 Å². The number of nitrogens with one attached hydrogen (secondary N) is 2. The lowest BCUT2D eigenvalue weighted by Gasteiger charge is -2.35. The monoisotopic (exact) mass is 379 g/mol. The minimum absolute atomic E-state index is 0.00515. The number of carbonyl (C=O) groups is 2. The molecular weight excluding hydrogens is 350 g/mol. The third-order valence-corrected chi connectivity index (χ3v) is 3.80. The van der Waals surface area contributed by atoms with Gasteiger partial charge in [-0.3, -0.25) is 5.32 Å². The van der Waals surface area contributed by atoms with E-state index in [-0.39, 0.29) is 18.2 Å². The highest BCUT2D eigenvalue weighted by Gasteiger charge is 2.26. The number of hydrogen-bond acceptors (Lipinski definition) is 5. The van der Waals surface area contributed by atoms with E-state index >= 15 is 0 Å². The van der Waals surface area contributed by atoms with Crippen LogP contribution in [0, 0.1) is 0 Å². The van der Waals surface area contributed by atoms with Crippen molar-refractivity contribution in [2.75, 3.05) is 30.8 Å². The van der Waals surface area contributed by atoms with E-state index in [1.807, 2.05) is 13.8 Å². The standard InChI is InChI=1S/C19H29N3O5/c1-12-10-22(11-13(2)26-12)17(23)20-14-7-8-15(16(9-14)25-6)21-18(24)27-19(3,4)5/h7-9,12-13H,10-11H2,1-6H3,(H,20,23)(H,21,24)/t12-,13+. The van der Waals surface area contributed by atoms with Crippen molar-refractivity contribution in [3.8, 4) is 5.75 Å². The van der Waals surface area contributed by atoms with Gasteiger partial charge in [0, 0.05) is 24.8 Å². The van der Waals surface area contributed by atoms with Gasteiger partial charge in [0.1, 0.15) is 11.4 Å². The van der Waals surface area contributed by atoms with E-state index in [1.54, 1.807) is 43.9 Å². The van der Waals surface area contributed by atoms with Crippen molar-refractivity contribution in [3.05, 3.63) is 18.2 Å². The van der Waals surface area contributed by atoms with E-state index in [2.05, 4.69) is 10.6 Å². The Morgan fingerprint density at radius 2 is 1.78 bits per heavy atom. The fourth-order valence-electron chi connectivity index (χ4n) is 2.83. The Morgan fingerprint density at radius 3 is 2.33 bits per heavy atom. The number of amides is 3. The summed E-state index contributed by atoms with van der Waals surface area (Å²) >= 11 is 0. The molecule has 2 atom stereocenters. The summed E-state index contributed by atoms with van der Waals surface area (Å²) in [4.78, 5) is 26.2. The second-order valence-electron chi connectivity index (χ2n) is 7.63. The van der Waals surface area contributed by atoms with Gasteiger partial charge in [0.05, 0.1) is 25.0 Å². The maximum atomic E-state index is 12.5. The molecule has 3 amide bonds. The molecule has 2 N–H and O–H groups in total. The molecule has 1 saturated heterocycles. The van der Waals surface area contributed by atoms with Crippen molar-refractivity contribution in [1.82, 2.24) is 4.90 Å². The van der Waals surface area contributed by atoms with Crippen LogP contribution in [0.1, 0.15) is 34.6 Å². The Bertz CT molecular complexity index is 676. The van der Waals surface area contributed by atoms with Crippen LogP contribution < -0.4 is 15.4 Å². The smallest absolute Gasteiger partial charge is 0.412 e. The van der Waals surface area contributed by atoms with Crippen LogP contribution in [0.15, 0.2) is 18.2 Å². The number of anilines is 2. The van der Waals surface area contributed by atoms with E-state index in [0.29, 0.717) is 30.2 Å². The molecule has 1 aromatic carbocycles. The van der Waals surface area contributed by atoms with Crippen molar-refractivity contribution in [3.63, 3.8) is 0 Å². The van der Waals surface area contributed by atoms with Crippen LogP contribution in [0.4, 0.5) is 21.0 Å². The van der Waals surface area contributed by atoms with E-state index in [1.165, 1.54) is 7.11 Å². The van der Waals surface area contributed by atoms with Crippen LogP contribution in [0.2, 0.25) is 0 Å². The molecule has 0 aromatic heterocycles. The minimum atomic E-state index is -0.600. The van der Waals surface area contributed by atoms with Crippen LogP contribution in [-0.2, 0) is 9.47 Å². The van der Waals surface area contributed by atoms with Crippen LogP contribution in [0.5, 0.6) is 5.75 Å². The highest BCUT2D eigenvalue weighted by atomic mass is 16.6. The van der Waals surface area contributed by atoms with Gasteiger partial charge in [0.25, 0.3) is 0 Å². The largest absolute Gasteiger partial charge is 0.494 e. The molecule has 8 nitrogen and oxygen atoms in total. The number of benzene rings is 1. The van der Waals surface area contributed by atoms with Gasteiger partial charge in [-0.2, -0.15) is 0 Å². The second kappa shape index (κ2) is 8.47. The summed E-state index contributed by atoms with van der Waals surface area (Å²) in [7, 11) is 1.49. The van der Waals surface area contributed by atoms with Crippen molar-refractivity contribution < 1.29 is 23.8 Å². The van der Waals surface area contributed by atoms with Gasteiger partial charge in [-0.25, -0.2) is 9.59 Å². The highest BCUT2D eigenvalue weighted by molar-refractivity contribution is 5.92. The zero-order valence-electron chi connectivity index (χ0n) is 16.8. The molecule has 0 saturated carbocycles. The van der Waals surface area contributed by atoms with Gasteiger partial charge in [0.2, 0.25) is 0 Å². The van der Waals surface area contributed by atoms with Crippen molar-refractivity contribution in [2.24, 2.45) is 0 Å². The molecule has 0 bridgehead atoms. The summed E-state index contributed by atoms with van der Waals surface area (Å²) in [6, 6.07) is 4.80. The Morgan fingerprint density at radius 1 is 1.15 bits per heavy atom. The first kappa shape index (κ1) is 20.8. The molecule has 0 unspecified atom stereocenters. The summed E-state index contributed by atoms with van der Waals surface area (Å²) < 4.78 is 16.2. The number of hydrogen-bond donors (Lipinski definition) is 2. The van der Waals surface area contributed by atoms with E-state index in [9.17, 15) is 9.59 Å². The number of methoxy groups -OCH3 is 1. The third-order valence-electron chi connectivity index (χ3n) is 3.80. The molecule has 1 aliphatic heterocycles. The Labute approximate surface area is 160 Å². The van der Waals surface area contributed by atoms with Crippen molar-refractivity contribution in [1.29, 1.82) is 0 Å². The molecule has 0 spiro atoms. The minimum Gasteiger partial charge on any atom is -0.494 e. The molecule has 1 fully saturated rings. The van der Waals surface area contributed by atoms with Crippen LogP contribution in [0.25, 0.3) is 0 Å². The summed E-state index contributed by atoms with van der Waals surface area (Å²) in [6.07, 6.45) is -0.585. The van der Waals surface area contributed by atoms with Gasteiger partial charge in [-0.05, 0) is 46.8 Å². The fourth-order valence-corrected chi connectivity index (χ4v) is 2.83. The number of carbonyl (C=O) groups excluding carboxylic acids is 2. The van der Waals surface area contributed by atoms with Crippen LogP contribution in [0.3, 0.4) is 0 Å². The first-order valence-electron chi connectivity index (χ1n) is 8.97. The van der Waals surface area contributed by atoms with E-state index in [4.69, 9.17) is 14.2 Å². The van der Waals surface area contributed by atoms with Gasteiger partial charge in [-0.1, -0.05) is 0 Å². The first-order valence-corrected chi connectivity index (χ1v) is 8.97. The lowest BCUT2D eigenvalue weighted by molar-refractivity contribution is -0.0530. The molecule has 1 aliphatic rings. The quantitative estimate of drug-likeness (QED) is 0.836. The lowest BCUT2D eigenvalue weighted by Crippen LogP contribution is -2.49. The maximum Gasteiger partial charge on any atom is 0.412 e. The third kappa shape index (κ3) is 6.32. The highest BCUT2D eigenvalue weighted by Crippen LogP contribution is 2.29. The van der Waals surface area contributed by atoms with Crippen LogP contribution in [-0.4, -0.2) is 55.0 Å². The molecule has 8 heteroatoms. The number of nitrogens with zero attached hydrogens (tertiary/aromatic N) is 1. The van der Waals surface area contributed by atoms with Gasteiger partial charge >= 0.3 is 12.1 Å². The average molecular weight is 379 g/mol. The summed E-state index contributed by atoms with van der Waals surface area (Å²) in [5, 5.41) is 5.50. The normalized spacial score (nSPS) is 20.0. The Hall–Kier alpha value is -2.48. The summed E-state index contributed by atoms with van der Waals surface area (Å²) in [6.45, 7) is 10.3. The lowest BCUT2D eigenvalue weighted by atomic mass is 10.2. The predicted molar refractivity (Wildman–Crippen MR) is 103 cm³/mol. The molecule has 27 heavy (non-hydrogen) atoms. The van der Waals surface area contributed by atoms with Gasteiger partial charge in [0.15, 0.2) is 0 Å². The van der Waals surface area contributed by atoms with Gasteiger partial charge in [-0.15, -0.1) is 0 Å². The Balaban J connectivity index is 2.04. The SMILES string of the molecule is COc1cc(NC(=O)N2C[C@@H](C)O[C@@H](C)C2)ccc1NC(=O)OC(C)(C)C. The fraction of sp³-hybridized carbons (Fsp3) is 0.579. The molecule has 2 rings (SSSR count). The van der Waals surface area contributed by atoms with Crippen LogP contribution >= 0.6 is 0 Å². The van der Waals surface area contributed by atoms with Gasteiger partial charge < -0.3 is 24.4 Å². The molecular formula is C19H29N3O5. The second-order valence-corrected chi connectivity index (χ2v) is 7.63. The van der Waals surface area contributed by atoms with Crippen molar-refractivity contribution >= 4 is 23.5 Å². The van der Waals surface area contributed by atoms with E-state index in [0.717, 1.165) is 0 Å². The molecule has 0 radical (unpaired) electrons. The predicted octanol–water partition coefficient (Wildman–Crippen LogP) is 3.68. The van der Waals surface area contributed by atoms with Crippen molar-refractivity contribution in [2.45, 2.75) is 52.4 Å². The number of rotatable bonds is 3. The first-order chi connectivity index (χ1) is 12.6. The zero-order chi connectivity index (χ0) is 20.2. The maximum absolute atomic E-state index is 12.5. The summed E-state index contributed by atoms with van der Waals surface area (Å²) in [5.74, 6) is 0.419. The number of morpholine rings is 1. The Kier molecular flexibility index (Phi) is 6.54. The number of ether oxygens (including phenoxy) is 3. The average Bonchev–Trinajstić information content (AvgIpc) is 2.53. The zero-order valence-corrected chi connectivity index (χ0v) is 16.8. The molecule has 150 valence electrons.